The van der Waals surface area contributed by atoms with Gasteiger partial charge in [-0.15, -0.1) is 0 Å². The molecule has 1 aromatic carbocycles. The Hall–Kier alpha value is -2.96. The van der Waals surface area contributed by atoms with Crippen LogP contribution in [-0.2, 0) is 13.0 Å². The molecule has 0 unspecified atom stereocenters. The quantitative estimate of drug-likeness (QED) is 0.539. The summed E-state index contributed by atoms with van der Waals surface area (Å²) in [5.41, 5.74) is 2.32. The second-order valence-electron chi connectivity index (χ2n) is 6.49. The van der Waals surface area contributed by atoms with E-state index in [2.05, 4.69) is 57.6 Å². The van der Waals surface area contributed by atoms with Crippen molar-refractivity contribution < 1.29 is 9.47 Å². The van der Waals surface area contributed by atoms with Crippen LogP contribution in [0.4, 0.5) is 5.82 Å². The van der Waals surface area contributed by atoms with Gasteiger partial charge in [0.2, 0.25) is 6.79 Å². The van der Waals surface area contributed by atoms with E-state index >= 15 is 0 Å². The van der Waals surface area contributed by atoms with Gasteiger partial charge in [-0.2, -0.15) is 0 Å². The van der Waals surface area contributed by atoms with Crippen LogP contribution in [0.2, 0.25) is 0 Å². The number of nitrogens with one attached hydrogen (secondary N) is 2. The van der Waals surface area contributed by atoms with Gasteiger partial charge in [0.05, 0.1) is 0 Å². The third kappa shape index (κ3) is 5.06. The normalized spacial score (nSPS) is 12.8. The van der Waals surface area contributed by atoms with Gasteiger partial charge in [-0.25, -0.2) is 4.98 Å². The molecule has 0 spiro atoms. The van der Waals surface area contributed by atoms with Crippen LogP contribution in [0.5, 0.6) is 11.5 Å². The first kappa shape index (κ1) is 19.8. The van der Waals surface area contributed by atoms with Crippen molar-refractivity contribution in [1.29, 1.82) is 0 Å². The molecule has 2 N–H and O–H groups in total. The minimum atomic E-state index is 0.304. The van der Waals surface area contributed by atoms with E-state index in [1.807, 2.05) is 18.3 Å². The van der Waals surface area contributed by atoms with E-state index in [-0.39, 0.29) is 0 Å². The van der Waals surface area contributed by atoms with E-state index in [1.165, 1.54) is 5.56 Å². The van der Waals surface area contributed by atoms with Crippen molar-refractivity contribution in [3.8, 4) is 11.5 Å². The van der Waals surface area contributed by atoms with E-state index in [9.17, 15) is 0 Å². The molecule has 0 atom stereocenters. The van der Waals surface area contributed by atoms with Crippen molar-refractivity contribution in [2.75, 3.05) is 38.4 Å². The Bertz CT molecular complexity index is 788. The molecule has 0 saturated heterocycles. The van der Waals surface area contributed by atoms with Crippen molar-refractivity contribution in [3.63, 3.8) is 0 Å². The Morgan fingerprint density at radius 3 is 2.57 bits per heavy atom. The third-order valence-corrected chi connectivity index (χ3v) is 4.72. The molecule has 0 radical (unpaired) electrons. The number of benzene rings is 1. The molecule has 7 nitrogen and oxygen atoms in total. The molecule has 7 heteroatoms. The standard InChI is InChI=1S/C21H29N5O2/c1-4-26(5-2)20-9-7-17(13-24-20)14-25-21(22-3)23-11-10-16-6-8-18-19(12-16)28-15-27-18/h6-9,12-13H,4-5,10-11,14-15H2,1-3H3,(H2,22,23,25). The SMILES string of the molecule is CCN(CC)c1ccc(CNC(=NC)NCCc2ccc3c(c2)OCO3)cn1. The zero-order chi connectivity index (χ0) is 19.8. The number of nitrogens with zero attached hydrogens (tertiary/aromatic N) is 3. The van der Waals surface area contributed by atoms with Gasteiger partial charge in [-0.1, -0.05) is 12.1 Å². The molecule has 0 fully saturated rings. The van der Waals surface area contributed by atoms with Gasteiger partial charge < -0.3 is 25.0 Å². The number of fused-ring (bicyclic) bond motifs is 1. The molecular weight excluding hydrogens is 354 g/mol. The smallest absolute Gasteiger partial charge is 0.231 e. The molecule has 3 rings (SSSR count). The molecule has 2 aromatic rings. The molecule has 1 aliphatic heterocycles. The summed E-state index contributed by atoms with van der Waals surface area (Å²) in [6.07, 6.45) is 2.79. The van der Waals surface area contributed by atoms with Gasteiger partial charge in [0.15, 0.2) is 17.5 Å². The Morgan fingerprint density at radius 2 is 1.86 bits per heavy atom. The minimum absolute atomic E-state index is 0.304. The molecule has 0 amide bonds. The molecule has 1 aromatic heterocycles. The van der Waals surface area contributed by atoms with Crippen LogP contribution in [0.25, 0.3) is 0 Å². The molecule has 0 bridgehead atoms. The summed E-state index contributed by atoms with van der Waals surface area (Å²) in [6, 6.07) is 10.2. The number of guanidine groups is 1. The lowest BCUT2D eigenvalue weighted by Crippen LogP contribution is -2.37. The van der Waals surface area contributed by atoms with Crippen LogP contribution in [-0.4, -0.2) is 44.4 Å². The highest BCUT2D eigenvalue weighted by atomic mass is 16.7. The molecule has 1 aliphatic rings. The third-order valence-electron chi connectivity index (χ3n) is 4.72. The van der Waals surface area contributed by atoms with Crippen LogP contribution < -0.4 is 25.0 Å². The van der Waals surface area contributed by atoms with Gasteiger partial charge in [0.25, 0.3) is 0 Å². The van der Waals surface area contributed by atoms with Crippen molar-refractivity contribution in [2.24, 2.45) is 4.99 Å². The van der Waals surface area contributed by atoms with Crippen molar-refractivity contribution in [1.82, 2.24) is 15.6 Å². The number of ether oxygens (including phenoxy) is 2. The Balaban J connectivity index is 1.44. The maximum atomic E-state index is 5.43. The van der Waals surface area contributed by atoms with Crippen LogP contribution in [0, 0.1) is 0 Å². The van der Waals surface area contributed by atoms with Gasteiger partial charge in [0, 0.05) is 39.4 Å². The number of hydrogen-bond donors (Lipinski definition) is 2. The number of pyridine rings is 1. The largest absolute Gasteiger partial charge is 0.454 e. The van der Waals surface area contributed by atoms with Gasteiger partial charge in [0.1, 0.15) is 5.82 Å². The van der Waals surface area contributed by atoms with E-state index in [4.69, 9.17) is 9.47 Å². The first-order valence-corrected chi connectivity index (χ1v) is 9.76. The van der Waals surface area contributed by atoms with Gasteiger partial charge in [-0.3, -0.25) is 4.99 Å². The average Bonchev–Trinajstić information content (AvgIpc) is 3.20. The molecular formula is C21H29N5O2. The predicted octanol–water partition coefficient (Wildman–Crippen LogP) is 2.56. The number of hydrogen-bond acceptors (Lipinski definition) is 5. The van der Waals surface area contributed by atoms with Crippen LogP contribution in [0.15, 0.2) is 41.5 Å². The Kier molecular flexibility index (Phi) is 6.94. The number of anilines is 1. The maximum Gasteiger partial charge on any atom is 0.231 e. The molecule has 0 aliphatic carbocycles. The molecule has 150 valence electrons. The summed E-state index contributed by atoms with van der Waals surface area (Å²) < 4.78 is 10.8. The zero-order valence-corrected chi connectivity index (χ0v) is 16.9. The fraction of sp³-hybridized carbons (Fsp3) is 0.429. The highest BCUT2D eigenvalue weighted by Crippen LogP contribution is 2.32. The summed E-state index contributed by atoms with van der Waals surface area (Å²) in [6.45, 7) is 7.95. The Labute approximate surface area is 166 Å². The van der Waals surface area contributed by atoms with Crippen molar-refractivity contribution in [3.05, 3.63) is 47.7 Å². The van der Waals surface area contributed by atoms with E-state index in [0.717, 1.165) is 54.9 Å². The lowest BCUT2D eigenvalue weighted by Gasteiger charge is -2.19. The van der Waals surface area contributed by atoms with Gasteiger partial charge in [-0.05, 0) is 49.6 Å². The molecule has 28 heavy (non-hydrogen) atoms. The lowest BCUT2D eigenvalue weighted by atomic mass is 10.1. The predicted molar refractivity (Wildman–Crippen MR) is 112 cm³/mol. The zero-order valence-electron chi connectivity index (χ0n) is 16.9. The fourth-order valence-electron chi connectivity index (χ4n) is 3.08. The number of aliphatic imine (C=N–C) groups is 1. The minimum Gasteiger partial charge on any atom is -0.454 e. The summed E-state index contributed by atoms with van der Waals surface area (Å²) in [5, 5.41) is 6.67. The van der Waals surface area contributed by atoms with Crippen LogP contribution in [0.1, 0.15) is 25.0 Å². The number of aromatic nitrogens is 1. The lowest BCUT2D eigenvalue weighted by molar-refractivity contribution is 0.174. The fourth-order valence-corrected chi connectivity index (χ4v) is 3.08. The first-order chi connectivity index (χ1) is 13.7. The number of rotatable bonds is 8. The second kappa shape index (κ2) is 9.82. The van der Waals surface area contributed by atoms with Crippen molar-refractivity contribution in [2.45, 2.75) is 26.8 Å². The first-order valence-electron chi connectivity index (χ1n) is 9.76. The molecule has 2 heterocycles. The summed E-state index contributed by atoms with van der Waals surface area (Å²) in [7, 11) is 1.78. The summed E-state index contributed by atoms with van der Waals surface area (Å²) in [5.74, 6) is 3.42. The van der Waals surface area contributed by atoms with Crippen LogP contribution in [0.3, 0.4) is 0 Å². The van der Waals surface area contributed by atoms with E-state index < -0.39 is 0 Å². The van der Waals surface area contributed by atoms with Crippen molar-refractivity contribution >= 4 is 11.8 Å². The monoisotopic (exact) mass is 383 g/mol. The highest BCUT2D eigenvalue weighted by Gasteiger charge is 2.13. The highest BCUT2D eigenvalue weighted by molar-refractivity contribution is 5.79. The summed E-state index contributed by atoms with van der Waals surface area (Å²) >= 11 is 0. The Morgan fingerprint density at radius 1 is 1.07 bits per heavy atom. The average molecular weight is 383 g/mol. The van der Waals surface area contributed by atoms with Crippen LogP contribution >= 0.6 is 0 Å². The second-order valence-corrected chi connectivity index (χ2v) is 6.49. The van der Waals surface area contributed by atoms with E-state index in [0.29, 0.717) is 13.3 Å². The maximum absolute atomic E-state index is 5.43. The summed E-state index contributed by atoms with van der Waals surface area (Å²) in [4.78, 5) is 11.1. The topological polar surface area (TPSA) is 71.0 Å². The van der Waals surface area contributed by atoms with E-state index in [1.54, 1.807) is 7.05 Å². The van der Waals surface area contributed by atoms with Gasteiger partial charge >= 0.3 is 0 Å². The molecule has 0 saturated carbocycles.